The molecule has 2 amide bonds. The number of rotatable bonds is 5. The highest BCUT2D eigenvalue weighted by atomic mass is 79.9. The maximum atomic E-state index is 12.3. The van der Waals surface area contributed by atoms with Gasteiger partial charge in [-0.15, -0.1) is 0 Å². The van der Waals surface area contributed by atoms with E-state index in [0.717, 1.165) is 0 Å². The van der Waals surface area contributed by atoms with Crippen molar-refractivity contribution < 1.29 is 18.7 Å². The van der Waals surface area contributed by atoms with Crippen LogP contribution in [-0.2, 0) is 0 Å². The maximum absolute atomic E-state index is 12.3. The molecule has 0 bridgehead atoms. The number of amides is 2. The second-order valence-corrected chi connectivity index (χ2v) is 6.60. The molecule has 27 heavy (non-hydrogen) atoms. The summed E-state index contributed by atoms with van der Waals surface area (Å²) in [6.45, 7) is 0. The number of hydrogen-bond acceptors (Lipinski definition) is 4. The summed E-state index contributed by atoms with van der Waals surface area (Å²) < 4.78 is 11.0. The van der Waals surface area contributed by atoms with Crippen molar-refractivity contribution in [2.75, 3.05) is 17.7 Å². The Kier molecular flexibility index (Phi) is 5.83. The highest BCUT2D eigenvalue weighted by Crippen LogP contribution is 2.35. The van der Waals surface area contributed by atoms with E-state index in [1.807, 2.05) is 6.07 Å². The molecule has 0 aliphatic rings. The molecule has 138 valence electrons. The minimum Gasteiger partial charge on any atom is -0.494 e. The molecule has 2 aromatic carbocycles. The van der Waals surface area contributed by atoms with Crippen LogP contribution in [0.1, 0.15) is 20.9 Å². The van der Waals surface area contributed by atoms with Crippen LogP contribution in [-0.4, -0.2) is 18.9 Å². The second-order valence-electron chi connectivity index (χ2n) is 5.41. The lowest BCUT2D eigenvalue weighted by atomic mass is 10.2. The van der Waals surface area contributed by atoms with Crippen LogP contribution < -0.4 is 15.4 Å². The van der Waals surface area contributed by atoms with Crippen molar-refractivity contribution >= 4 is 50.7 Å². The zero-order valence-electron chi connectivity index (χ0n) is 14.1. The van der Waals surface area contributed by atoms with E-state index in [4.69, 9.17) is 20.8 Å². The Morgan fingerprint density at radius 3 is 2.33 bits per heavy atom. The molecule has 6 nitrogen and oxygen atoms in total. The Bertz CT molecular complexity index is 989. The number of carbonyl (C=O) groups is 2. The third-order valence-electron chi connectivity index (χ3n) is 3.62. The highest BCUT2D eigenvalue weighted by molar-refractivity contribution is 9.10. The molecule has 0 aliphatic heterocycles. The van der Waals surface area contributed by atoms with Gasteiger partial charge >= 0.3 is 0 Å². The fourth-order valence-corrected chi connectivity index (χ4v) is 2.84. The molecule has 0 saturated heterocycles. The number of methoxy groups -OCH3 is 1. The molecule has 0 spiro atoms. The predicted molar refractivity (Wildman–Crippen MR) is 107 cm³/mol. The molecule has 1 heterocycles. The first-order valence-corrected chi connectivity index (χ1v) is 8.95. The number of furan rings is 1. The van der Waals surface area contributed by atoms with E-state index in [9.17, 15) is 9.59 Å². The van der Waals surface area contributed by atoms with Gasteiger partial charge in [0, 0.05) is 11.6 Å². The van der Waals surface area contributed by atoms with Crippen LogP contribution in [0, 0.1) is 0 Å². The molecule has 0 radical (unpaired) electrons. The maximum Gasteiger partial charge on any atom is 0.291 e. The average molecular weight is 450 g/mol. The summed E-state index contributed by atoms with van der Waals surface area (Å²) in [7, 11) is 1.46. The molecule has 0 atom stereocenters. The number of benzene rings is 2. The first-order valence-electron chi connectivity index (χ1n) is 7.78. The Labute approximate surface area is 168 Å². The van der Waals surface area contributed by atoms with Crippen molar-refractivity contribution in [2.24, 2.45) is 0 Å². The van der Waals surface area contributed by atoms with E-state index >= 15 is 0 Å². The van der Waals surface area contributed by atoms with E-state index in [0.29, 0.717) is 27.4 Å². The largest absolute Gasteiger partial charge is 0.494 e. The molecule has 0 aliphatic carbocycles. The minimum atomic E-state index is -0.467. The molecule has 3 aromatic rings. The van der Waals surface area contributed by atoms with Crippen LogP contribution >= 0.6 is 27.5 Å². The highest BCUT2D eigenvalue weighted by Gasteiger charge is 2.17. The Morgan fingerprint density at radius 1 is 1.00 bits per heavy atom. The lowest BCUT2D eigenvalue weighted by Crippen LogP contribution is -2.14. The van der Waals surface area contributed by atoms with E-state index < -0.39 is 5.91 Å². The van der Waals surface area contributed by atoms with Crippen LogP contribution in [0.4, 0.5) is 11.4 Å². The van der Waals surface area contributed by atoms with Crippen molar-refractivity contribution in [3.05, 3.63) is 75.6 Å². The van der Waals surface area contributed by atoms with Gasteiger partial charge in [-0.25, -0.2) is 0 Å². The van der Waals surface area contributed by atoms with Gasteiger partial charge in [0.25, 0.3) is 11.8 Å². The monoisotopic (exact) mass is 448 g/mol. The molecular weight excluding hydrogens is 436 g/mol. The van der Waals surface area contributed by atoms with Gasteiger partial charge in [-0.3, -0.25) is 9.59 Å². The van der Waals surface area contributed by atoms with Gasteiger partial charge in [0.05, 0.1) is 23.5 Å². The topological polar surface area (TPSA) is 80.6 Å². The molecule has 3 rings (SSSR count). The quantitative estimate of drug-likeness (QED) is 0.560. The molecule has 0 unspecified atom stereocenters. The summed E-state index contributed by atoms with van der Waals surface area (Å²) in [5, 5.41) is 5.63. The Hall–Kier alpha value is -2.77. The van der Waals surface area contributed by atoms with E-state index in [1.165, 1.54) is 25.3 Å². The van der Waals surface area contributed by atoms with Gasteiger partial charge in [-0.2, -0.15) is 0 Å². The van der Waals surface area contributed by atoms with Gasteiger partial charge in [0.2, 0.25) is 0 Å². The van der Waals surface area contributed by atoms with Crippen LogP contribution in [0.15, 0.2) is 63.7 Å². The predicted octanol–water partition coefficient (Wildman–Crippen LogP) is 5.21. The molecule has 8 heteroatoms. The van der Waals surface area contributed by atoms with Crippen molar-refractivity contribution in [2.45, 2.75) is 0 Å². The summed E-state index contributed by atoms with van der Waals surface area (Å²) >= 11 is 9.40. The zero-order chi connectivity index (χ0) is 19.4. The standard InChI is InChI=1S/C19H14BrClN2O4/c1-26-16-10-13(22-19(25)15-7-8-17(20)27-15)12(21)9-14(16)23-18(24)11-5-3-2-4-6-11/h2-10H,1H3,(H,22,25)(H,23,24). The van der Waals surface area contributed by atoms with E-state index in [1.54, 1.807) is 30.3 Å². The SMILES string of the molecule is COc1cc(NC(=O)c2ccc(Br)o2)c(Cl)cc1NC(=O)c1ccccc1. The van der Waals surface area contributed by atoms with Crippen LogP contribution in [0.25, 0.3) is 0 Å². The number of ether oxygens (including phenoxy) is 1. The van der Waals surface area contributed by atoms with Crippen molar-refractivity contribution in [3.8, 4) is 5.75 Å². The Morgan fingerprint density at radius 2 is 1.70 bits per heavy atom. The van der Waals surface area contributed by atoms with Crippen molar-refractivity contribution in [3.63, 3.8) is 0 Å². The van der Waals surface area contributed by atoms with E-state index in [2.05, 4.69) is 26.6 Å². The summed E-state index contributed by atoms with van der Waals surface area (Å²) in [5.74, 6) is -0.300. The Balaban J connectivity index is 1.82. The number of hydrogen-bond donors (Lipinski definition) is 2. The smallest absolute Gasteiger partial charge is 0.291 e. The normalized spacial score (nSPS) is 10.3. The van der Waals surface area contributed by atoms with E-state index in [-0.39, 0.29) is 16.7 Å². The zero-order valence-corrected chi connectivity index (χ0v) is 16.4. The van der Waals surface area contributed by atoms with Crippen LogP contribution in [0.2, 0.25) is 5.02 Å². The molecular formula is C19H14BrClN2O4. The number of anilines is 2. The van der Waals surface area contributed by atoms with Gasteiger partial charge < -0.3 is 19.8 Å². The van der Waals surface area contributed by atoms with Crippen molar-refractivity contribution in [1.29, 1.82) is 0 Å². The number of carbonyl (C=O) groups excluding carboxylic acids is 2. The third kappa shape index (κ3) is 4.50. The lowest BCUT2D eigenvalue weighted by molar-refractivity contribution is 0.0993. The first-order chi connectivity index (χ1) is 13.0. The first kappa shape index (κ1) is 19.0. The molecule has 2 N–H and O–H groups in total. The summed E-state index contributed by atoms with van der Waals surface area (Å²) in [5.41, 5.74) is 1.20. The molecule has 0 fully saturated rings. The summed E-state index contributed by atoms with van der Waals surface area (Å²) in [6, 6.07) is 14.9. The number of nitrogens with one attached hydrogen (secondary N) is 2. The van der Waals surface area contributed by atoms with Gasteiger partial charge in [-0.1, -0.05) is 29.8 Å². The van der Waals surface area contributed by atoms with Gasteiger partial charge in [0.15, 0.2) is 10.4 Å². The van der Waals surface area contributed by atoms with Crippen LogP contribution in [0.5, 0.6) is 5.75 Å². The van der Waals surface area contributed by atoms with Gasteiger partial charge in [0.1, 0.15) is 5.75 Å². The summed E-state index contributed by atoms with van der Waals surface area (Å²) in [6.07, 6.45) is 0. The fourth-order valence-electron chi connectivity index (χ4n) is 2.32. The molecule has 1 aromatic heterocycles. The minimum absolute atomic E-state index is 0.123. The van der Waals surface area contributed by atoms with Gasteiger partial charge in [-0.05, 0) is 46.3 Å². The van der Waals surface area contributed by atoms with Crippen LogP contribution in [0.3, 0.4) is 0 Å². The lowest BCUT2D eigenvalue weighted by Gasteiger charge is -2.14. The second kappa shape index (κ2) is 8.28. The third-order valence-corrected chi connectivity index (χ3v) is 4.36. The average Bonchev–Trinajstić information content (AvgIpc) is 3.11. The molecule has 0 saturated carbocycles. The number of halogens is 2. The van der Waals surface area contributed by atoms with Crippen molar-refractivity contribution in [1.82, 2.24) is 0 Å². The fraction of sp³-hybridized carbons (Fsp3) is 0.0526. The summed E-state index contributed by atoms with van der Waals surface area (Å²) in [4.78, 5) is 24.6.